The van der Waals surface area contributed by atoms with Gasteiger partial charge in [0, 0.05) is 18.5 Å². The molecule has 0 fully saturated rings. The van der Waals surface area contributed by atoms with Crippen molar-refractivity contribution in [3.05, 3.63) is 35.2 Å². The van der Waals surface area contributed by atoms with Crippen LogP contribution in [0, 0.1) is 6.92 Å². The fourth-order valence-electron chi connectivity index (χ4n) is 2.47. The lowest BCUT2D eigenvalue weighted by atomic mass is 10.0. The van der Waals surface area contributed by atoms with Crippen molar-refractivity contribution in [2.75, 3.05) is 7.05 Å². The van der Waals surface area contributed by atoms with E-state index in [9.17, 15) is 0 Å². The molecule has 0 amide bonds. The van der Waals surface area contributed by atoms with Gasteiger partial charge in [-0.2, -0.15) is 4.98 Å². The molecule has 1 unspecified atom stereocenters. The first-order chi connectivity index (χ1) is 8.28. The molecule has 1 aliphatic carbocycles. The van der Waals surface area contributed by atoms with Crippen LogP contribution in [0.1, 0.15) is 29.5 Å². The van der Waals surface area contributed by atoms with Crippen molar-refractivity contribution >= 4 is 0 Å². The Bertz CT molecular complexity index is 547. The summed E-state index contributed by atoms with van der Waals surface area (Å²) in [5.74, 6) is 1.28. The average molecular weight is 229 g/mol. The molecule has 1 atom stereocenters. The summed E-state index contributed by atoms with van der Waals surface area (Å²) in [5.41, 5.74) is 3.83. The van der Waals surface area contributed by atoms with Gasteiger partial charge < -0.3 is 9.84 Å². The molecule has 0 spiro atoms. The van der Waals surface area contributed by atoms with Gasteiger partial charge in [-0.1, -0.05) is 17.3 Å². The van der Waals surface area contributed by atoms with Crippen LogP contribution in [-0.2, 0) is 6.42 Å². The summed E-state index contributed by atoms with van der Waals surface area (Å²) < 4.78 is 5.01. The summed E-state index contributed by atoms with van der Waals surface area (Å²) in [5, 5.41) is 7.28. The Labute approximate surface area is 100 Å². The number of rotatable bonds is 2. The van der Waals surface area contributed by atoms with Crippen LogP contribution in [0.3, 0.4) is 0 Å². The molecule has 1 heterocycles. The van der Waals surface area contributed by atoms with Gasteiger partial charge >= 0.3 is 0 Å². The Balaban J connectivity index is 2.00. The molecular formula is C13H15N3O. The highest BCUT2D eigenvalue weighted by molar-refractivity contribution is 5.58. The SMILES string of the molecule is CNC1CCc2cc(-c3noc(C)n3)ccc21. The monoisotopic (exact) mass is 229 g/mol. The standard InChI is InChI=1S/C13H15N3O/c1-8-15-13(16-17-8)10-3-5-11-9(7-10)4-6-12(11)14-2/h3,5,7,12,14H,4,6H2,1-2H3. The minimum absolute atomic E-state index is 0.492. The third kappa shape index (κ3) is 1.74. The minimum atomic E-state index is 0.492. The van der Waals surface area contributed by atoms with Crippen molar-refractivity contribution in [3.8, 4) is 11.4 Å². The number of nitrogens with one attached hydrogen (secondary N) is 1. The largest absolute Gasteiger partial charge is 0.339 e. The summed E-state index contributed by atoms with van der Waals surface area (Å²) in [7, 11) is 2.01. The molecule has 1 aromatic heterocycles. The smallest absolute Gasteiger partial charge is 0.223 e. The summed E-state index contributed by atoms with van der Waals surface area (Å²) in [6.07, 6.45) is 2.28. The zero-order valence-electron chi connectivity index (χ0n) is 10.0. The maximum absolute atomic E-state index is 5.01. The lowest BCUT2D eigenvalue weighted by Crippen LogP contribution is -2.12. The first-order valence-corrected chi connectivity index (χ1v) is 5.88. The lowest BCUT2D eigenvalue weighted by molar-refractivity contribution is 0.394. The van der Waals surface area contributed by atoms with Crippen LogP contribution in [0.25, 0.3) is 11.4 Å². The topological polar surface area (TPSA) is 51.0 Å². The quantitative estimate of drug-likeness (QED) is 0.858. The van der Waals surface area contributed by atoms with E-state index in [0.717, 1.165) is 12.0 Å². The van der Waals surface area contributed by atoms with Crippen LogP contribution in [0.2, 0.25) is 0 Å². The maximum Gasteiger partial charge on any atom is 0.223 e. The number of benzene rings is 1. The van der Waals surface area contributed by atoms with Crippen molar-refractivity contribution < 1.29 is 4.52 Å². The van der Waals surface area contributed by atoms with E-state index in [4.69, 9.17) is 4.52 Å². The number of aromatic nitrogens is 2. The number of nitrogens with zero attached hydrogens (tertiary/aromatic N) is 2. The fraction of sp³-hybridized carbons (Fsp3) is 0.385. The van der Waals surface area contributed by atoms with E-state index in [1.807, 2.05) is 7.05 Å². The average Bonchev–Trinajstić information content (AvgIpc) is 2.94. The van der Waals surface area contributed by atoms with E-state index in [-0.39, 0.29) is 0 Å². The highest BCUT2D eigenvalue weighted by Crippen LogP contribution is 2.33. The Morgan fingerprint density at radius 2 is 2.29 bits per heavy atom. The molecule has 4 nitrogen and oxygen atoms in total. The maximum atomic E-state index is 5.01. The zero-order valence-corrected chi connectivity index (χ0v) is 10.0. The Morgan fingerprint density at radius 1 is 1.41 bits per heavy atom. The molecule has 1 aromatic carbocycles. The number of fused-ring (bicyclic) bond motifs is 1. The van der Waals surface area contributed by atoms with Gasteiger partial charge in [-0.15, -0.1) is 0 Å². The van der Waals surface area contributed by atoms with Crippen LogP contribution in [0.5, 0.6) is 0 Å². The first-order valence-electron chi connectivity index (χ1n) is 5.88. The van der Waals surface area contributed by atoms with E-state index in [0.29, 0.717) is 17.8 Å². The van der Waals surface area contributed by atoms with Gasteiger partial charge in [-0.05, 0) is 37.1 Å². The Hall–Kier alpha value is -1.68. The van der Waals surface area contributed by atoms with E-state index in [2.05, 4.69) is 33.7 Å². The molecule has 0 bridgehead atoms. The van der Waals surface area contributed by atoms with Crippen LogP contribution < -0.4 is 5.32 Å². The molecule has 0 radical (unpaired) electrons. The van der Waals surface area contributed by atoms with Crippen LogP contribution in [0.15, 0.2) is 22.7 Å². The molecule has 17 heavy (non-hydrogen) atoms. The Morgan fingerprint density at radius 3 is 3.00 bits per heavy atom. The van der Waals surface area contributed by atoms with E-state index >= 15 is 0 Å². The first kappa shape index (κ1) is 10.5. The van der Waals surface area contributed by atoms with Crippen LogP contribution in [-0.4, -0.2) is 17.2 Å². The van der Waals surface area contributed by atoms with Crippen LogP contribution >= 0.6 is 0 Å². The van der Waals surface area contributed by atoms with Crippen molar-refractivity contribution in [2.45, 2.75) is 25.8 Å². The highest BCUT2D eigenvalue weighted by Gasteiger charge is 2.21. The molecule has 1 N–H and O–H groups in total. The molecule has 1 aliphatic rings. The lowest BCUT2D eigenvalue weighted by Gasteiger charge is -2.09. The van der Waals surface area contributed by atoms with E-state index < -0.39 is 0 Å². The fourth-order valence-corrected chi connectivity index (χ4v) is 2.47. The van der Waals surface area contributed by atoms with Gasteiger partial charge in [0.25, 0.3) is 0 Å². The number of hydrogen-bond acceptors (Lipinski definition) is 4. The van der Waals surface area contributed by atoms with Crippen LogP contribution in [0.4, 0.5) is 0 Å². The van der Waals surface area contributed by atoms with Gasteiger partial charge in [0.1, 0.15) is 0 Å². The third-order valence-corrected chi connectivity index (χ3v) is 3.35. The van der Waals surface area contributed by atoms with Gasteiger partial charge in [0.2, 0.25) is 11.7 Å². The molecule has 88 valence electrons. The van der Waals surface area contributed by atoms with Crippen molar-refractivity contribution in [1.82, 2.24) is 15.5 Å². The van der Waals surface area contributed by atoms with E-state index in [1.165, 1.54) is 17.5 Å². The second-order valence-corrected chi connectivity index (χ2v) is 4.43. The molecule has 3 rings (SSSR count). The predicted molar refractivity (Wildman–Crippen MR) is 64.6 cm³/mol. The third-order valence-electron chi connectivity index (χ3n) is 3.35. The molecule has 0 aliphatic heterocycles. The second kappa shape index (κ2) is 3.96. The summed E-state index contributed by atoms with van der Waals surface area (Å²) in [6.45, 7) is 1.81. The van der Waals surface area contributed by atoms with Gasteiger partial charge in [0.15, 0.2) is 0 Å². The number of hydrogen-bond donors (Lipinski definition) is 1. The summed E-state index contributed by atoms with van der Waals surface area (Å²) in [4.78, 5) is 4.25. The molecule has 2 aromatic rings. The molecular weight excluding hydrogens is 214 g/mol. The number of aryl methyl sites for hydroxylation is 2. The minimum Gasteiger partial charge on any atom is -0.339 e. The second-order valence-electron chi connectivity index (χ2n) is 4.43. The summed E-state index contributed by atoms with van der Waals surface area (Å²) in [6, 6.07) is 6.91. The molecule has 4 heteroatoms. The molecule has 0 saturated heterocycles. The normalized spacial score (nSPS) is 18.4. The van der Waals surface area contributed by atoms with Crippen molar-refractivity contribution in [1.29, 1.82) is 0 Å². The summed E-state index contributed by atoms with van der Waals surface area (Å²) >= 11 is 0. The predicted octanol–water partition coefficient (Wildman–Crippen LogP) is 2.25. The van der Waals surface area contributed by atoms with Gasteiger partial charge in [0.05, 0.1) is 0 Å². The van der Waals surface area contributed by atoms with Crippen molar-refractivity contribution in [3.63, 3.8) is 0 Å². The molecule has 0 saturated carbocycles. The van der Waals surface area contributed by atoms with Crippen molar-refractivity contribution in [2.24, 2.45) is 0 Å². The zero-order chi connectivity index (χ0) is 11.8. The highest BCUT2D eigenvalue weighted by atomic mass is 16.5. The van der Waals surface area contributed by atoms with Gasteiger partial charge in [-0.3, -0.25) is 0 Å². The Kier molecular flexibility index (Phi) is 2.44. The van der Waals surface area contributed by atoms with E-state index in [1.54, 1.807) is 6.92 Å². The van der Waals surface area contributed by atoms with Gasteiger partial charge in [-0.25, -0.2) is 0 Å².